The van der Waals surface area contributed by atoms with Crippen LogP contribution in [-0.2, 0) is 4.79 Å². The minimum Gasteiger partial charge on any atom is -0.375 e. The highest BCUT2D eigenvalue weighted by Crippen LogP contribution is 2.37. The Hall–Kier alpha value is -3.15. The summed E-state index contributed by atoms with van der Waals surface area (Å²) in [6.07, 6.45) is 1.79. The average Bonchev–Trinajstić information content (AvgIpc) is 3.25. The van der Waals surface area contributed by atoms with Gasteiger partial charge in [-0.2, -0.15) is 18.4 Å². The number of aryl methyl sites for hydroxylation is 1. The fraction of sp³-hybridized carbons (Fsp3) is 0.586. The highest BCUT2D eigenvalue weighted by atomic mass is 19.4. The number of pyridine rings is 1. The summed E-state index contributed by atoms with van der Waals surface area (Å²) in [4.78, 5) is 17.2. The van der Waals surface area contributed by atoms with Crippen molar-refractivity contribution in [1.82, 2.24) is 9.88 Å². The average molecular weight is 536 g/mol. The molecule has 38 heavy (non-hydrogen) atoms. The number of rotatable bonds is 4. The number of hydrogen-bond donors (Lipinski definition) is 2. The van der Waals surface area contributed by atoms with Crippen LogP contribution in [0.3, 0.4) is 0 Å². The van der Waals surface area contributed by atoms with Crippen molar-refractivity contribution in [2.75, 3.05) is 13.1 Å². The van der Waals surface area contributed by atoms with Crippen molar-refractivity contribution in [1.29, 1.82) is 10.7 Å². The molecule has 3 rings (SSSR count). The number of alkyl halides is 3. The van der Waals surface area contributed by atoms with Crippen molar-refractivity contribution in [3.8, 4) is 6.07 Å². The smallest absolute Gasteiger partial charge is 0.375 e. The van der Waals surface area contributed by atoms with Gasteiger partial charge in [-0.1, -0.05) is 41.2 Å². The standard InChI is InChI=1S/C10H13F3N2O.C10H19N.C7H6N2.C2H6/c1-2-5-3-4-6(8(5)14)7(9(15)16)10(11,12)13;1-4-10(3)11-7-5-9(2)6-8-11;1-6-2-3-7(4-8)5-9-6;1-2/h5,14H,2-4H2,1H3,(H2,15,16);9H,3-8H2,1-2H3;2-3,5H,1H3;1-2H3/b7-6+,14-8?;;;. The molecule has 212 valence electrons. The van der Waals surface area contributed by atoms with Gasteiger partial charge in [-0.3, -0.25) is 9.78 Å². The lowest BCUT2D eigenvalue weighted by Crippen LogP contribution is -2.31. The second-order valence-corrected chi connectivity index (χ2v) is 9.16. The molecule has 1 aromatic heterocycles. The number of amides is 1. The molecule has 1 aliphatic heterocycles. The number of carbonyl (C=O) groups excluding carboxylic acids is 1. The van der Waals surface area contributed by atoms with Crippen molar-refractivity contribution >= 4 is 11.6 Å². The second-order valence-electron chi connectivity index (χ2n) is 9.16. The van der Waals surface area contributed by atoms with Gasteiger partial charge in [0.05, 0.1) is 5.56 Å². The van der Waals surface area contributed by atoms with Crippen LogP contribution in [0.25, 0.3) is 0 Å². The van der Waals surface area contributed by atoms with E-state index in [0.717, 1.165) is 18.0 Å². The Morgan fingerprint density at radius 1 is 1.24 bits per heavy atom. The molecule has 2 heterocycles. The number of piperidine rings is 1. The number of likely N-dealkylation sites (tertiary alicyclic amines) is 1. The van der Waals surface area contributed by atoms with E-state index >= 15 is 0 Å². The van der Waals surface area contributed by atoms with Crippen LogP contribution >= 0.6 is 0 Å². The molecule has 6 nitrogen and oxygen atoms in total. The van der Waals surface area contributed by atoms with Gasteiger partial charge in [0, 0.05) is 42.3 Å². The number of halogens is 3. The summed E-state index contributed by atoms with van der Waals surface area (Å²) >= 11 is 0. The Morgan fingerprint density at radius 2 is 1.82 bits per heavy atom. The summed E-state index contributed by atoms with van der Waals surface area (Å²) in [6.45, 7) is 18.7. The summed E-state index contributed by atoms with van der Waals surface area (Å²) in [7, 11) is 0. The van der Waals surface area contributed by atoms with Crippen molar-refractivity contribution < 1.29 is 18.0 Å². The van der Waals surface area contributed by atoms with E-state index in [-0.39, 0.29) is 23.6 Å². The summed E-state index contributed by atoms with van der Waals surface area (Å²) < 4.78 is 37.7. The zero-order chi connectivity index (χ0) is 29.5. The summed E-state index contributed by atoms with van der Waals surface area (Å²) in [5.74, 6) is -0.758. The van der Waals surface area contributed by atoms with Crippen molar-refractivity contribution in [2.24, 2.45) is 17.6 Å². The topological polar surface area (TPSA) is 107 Å². The van der Waals surface area contributed by atoms with Crippen molar-refractivity contribution in [3.05, 3.63) is 53.0 Å². The van der Waals surface area contributed by atoms with Crippen LogP contribution in [0.15, 0.2) is 41.8 Å². The van der Waals surface area contributed by atoms with Gasteiger partial charge in [0.2, 0.25) is 0 Å². The van der Waals surface area contributed by atoms with Gasteiger partial charge in [0.25, 0.3) is 5.91 Å². The van der Waals surface area contributed by atoms with E-state index in [1.54, 1.807) is 19.2 Å². The minimum absolute atomic E-state index is 0.0892. The van der Waals surface area contributed by atoms with Crippen molar-refractivity contribution in [2.45, 2.75) is 86.2 Å². The van der Waals surface area contributed by atoms with E-state index in [4.69, 9.17) is 16.4 Å². The van der Waals surface area contributed by atoms with Gasteiger partial charge in [-0.25, -0.2) is 0 Å². The van der Waals surface area contributed by atoms with E-state index in [2.05, 4.69) is 30.3 Å². The molecule has 9 heteroatoms. The summed E-state index contributed by atoms with van der Waals surface area (Å²) in [6, 6.07) is 5.56. The van der Waals surface area contributed by atoms with Crippen LogP contribution < -0.4 is 5.73 Å². The molecule has 2 fully saturated rings. The summed E-state index contributed by atoms with van der Waals surface area (Å²) in [5.41, 5.74) is 5.93. The maximum Gasteiger partial charge on any atom is 0.422 e. The predicted octanol–water partition coefficient (Wildman–Crippen LogP) is 7.10. The zero-order valence-electron chi connectivity index (χ0n) is 23.7. The van der Waals surface area contributed by atoms with E-state index in [0.29, 0.717) is 18.4 Å². The Bertz CT molecular complexity index is 969. The number of allylic oxidation sites excluding steroid dienone is 2. The number of nitrogens with two attached hydrogens (primary N) is 1. The van der Waals surface area contributed by atoms with Crippen LogP contribution in [-0.4, -0.2) is 40.8 Å². The number of nitrogens with zero attached hydrogens (tertiary/aromatic N) is 3. The van der Waals surface area contributed by atoms with E-state index in [1.807, 2.05) is 32.9 Å². The molecule has 0 aromatic carbocycles. The van der Waals surface area contributed by atoms with E-state index in [1.165, 1.54) is 31.6 Å². The van der Waals surface area contributed by atoms with Crippen molar-refractivity contribution in [3.63, 3.8) is 0 Å². The molecule has 1 saturated carbocycles. The Balaban J connectivity index is 0.000000545. The first kappa shape index (κ1) is 34.9. The molecule has 0 bridgehead atoms. The van der Waals surface area contributed by atoms with Crippen LogP contribution in [0.5, 0.6) is 0 Å². The lowest BCUT2D eigenvalue weighted by atomic mass is 9.99. The maximum absolute atomic E-state index is 12.6. The van der Waals surface area contributed by atoms with Crippen LogP contribution in [0, 0.1) is 35.5 Å². The van der Waals surface area contributed by atoms with Crippen LogP contribution in [0.2, 0.25) is 0 Å². The number of nitrogens with one attached hydrogen (secondary N) is 1. The van der Waals surface area contributed by atoms with Gasteiger partial charge in [0.15, 0.2) is 0 Å². The number of hydrogen-bond acceptors (Lipinski definition) is 5. The van der Waals surface area contributed by atoms with E-state index in [9.17, 15) is 18.0 Å². The molecular formula is C29H44F3N5O. The molecular weight excluding hydrogens is 491 g/mol. The maximum atomic E-state index is 12.6. The predicted molar refractivity (Wildman–Crippen MR) is 147 cm³/mol. The number of carbonyl (C=O) groups is 1. The summed E-state index contributed by atoms with van der Waals surface area (Å²) in [5, 5.41) is 15.9. The molecule has 0 spiro atoms. The Labute approximate surface area is 226 Å². The first-order valence-electron chi connectivity index (χ1n) is 13.3. The molecule has 3 N–H and O–H groups in total. The Kier molecular flexibility index (Phi) is 15.9. The third kappa shape index (κ3) is 11.5. The molecule has 2 aliphatic rings. The molecule has 0 radical (unpaired) electrons. The van der Waals surface area contributed by atoms with Crippen LogP contribution in [0.1, 0.15) is 84.4 Å². The first-order valence-corrected chi connectivity index (χ1v) is 13.3. The molecule has 1 atom stereocenters. The van der Waals surface area contributed by atoms with Gasteiger partial charge in [-0.15, -0.1) is 0 Å². The van der Waals surface area contributed by atoms with Gasteiger partial charge in [-0.05, 0) is 69.1 Å². The van der Waals surface area contributed by atoms with Crippen LogP contribution in [0.4, 0.5) is 13.2 Å². The van der Waals surface area contributed by atoms with Gasteiger partial charge in [0.1, 0.15) is 11.6 Å². The largest absolute Gasteiger partial charge is 0.422 e. The molecule has 1 aliphatic carbocycles. The molecule has 1 unspecified atom stereocenters. The molecule has 1 aromatic rings. The Morgan fingerprint density at radius 3 is 2.18 bits per heavy atom. The normalized spacial score (nSPS) is 18.5. The fourth-order valence-electron chi connectivity index (χ4n) is 4.05. The lowest BCUT2D eigenvalue weighted by molar-refractivity contribution is -0.128. The monoisotopic (exact) mass is 535 g/mol. The highest BCUT2D eigenvalue weighted by Gasteiger charge is 2.43. The SMILES string of the molecule is C=C(CC)N1CCC(C)CC1.CC.CCC1CC/C(=C(/C(N)=O)C(F)(F)F)C1=N.Cc1ccc(C#N)cn1. The lowest BCUT2D eigenvalue weighted by Gasteiger charge is -2.33. The first-order chi connectivity index (χ1) is 17.8. The van der Waals surface area contributed by atoms with Gasteiger partial charge < -0.3 is 16.0 Å². The number of aromatic nitrogens is 1. The highest BCUT2D eigenvalue weighted by molar-refractivity contribution is 6.09. The molecule has 1 amide bonds. The minimum atomic E-state index is -4.77. The molecule has 1 saturated heterocycles. The van der Waals surface area contributed by atoms with E-state index < -0.39 is 17.7 Å². The number of primary amides is 1. The third-order valence-corrected chi connectivity index (χ3v) is 6.48. The van der Waals surface area contributed by atoms with Gasteiger partial charge >= 0.3 is 6.18 Å². The third-order valence-electron chi connectivity index (χ3n) is 6.48. The fourth-order valence-corrected chi connectivity index (χ4v) is 4.05. The number of nitriles is 1. The quantitative estimate of drug-likeness (QED) is 0.401. The second kappa shape index (κ2) is 17.4. The zero-order valence-corrected chi connectivity index (χ0v) is 23.7.